The second-order valence-corrected chi connectivity index (χ2v) is 5.65. The highest BCUT2D eigenvalue weighted by Crippen LogP contribution is 2.27. The van der Waals surface area contributed by atoms with Gasteiger partial charge in [-0.2, -0.15) is 0 Å². The van der Waals surface area contributed by atoms with Gasteiger partial charge in [-0.25, -0.2) is 9.18 Å². The van der Waals surface area contributed by atoms with Crippen LogP contribution in [0.15, 0.2) is 36.4 Å². The van der Waals surface area contributed by atoms with Gasteiger partial charge in [0.15, 0.2) is 0 Å². The van der Waals surface area contributed by atoms with E-state index >= 15 is 0 Å². The molecule has 0 fully saturated rings. The average Bonchev–Trinajstić information content (AvgIpc) is 2.51. The molecule has 2 aromatic rings. The number of carbonyl (C=O) groups is 1. The topological polar surface area (TPSA) is 50.4 Å². The molecule has 7 heteroatoms. The summed E-state index contributed by atoms with van der Waals surface area (Å²) >= 11 is 11.8. The van der Waals surface area contributed by atoms with Crippen molar-refractivity contribution in [3.8, 4) is 5.75 Å². The minimum absolute atomic E-state index is 0.238. The highest BCUT2D eigenvalue weighted by Gasteiger charge is 2.13. The third-order valence-electron chi connectivity index (χ3n) is 3.20. The van der Waals surface area contributed by atoms with Crippen molar-refractivity contribution in [2.24, 2.45) is 0 Å². The Labute approximate surface area is 143 Å². The molecule has 0 bridgehead atoms. The molecule has 0 aliphatic rings. The molecule has 0 aromatic heterocycles. The van der Waals surface area contributed by atoms with Gasteiger partial charge in [0.2, 0.25) is 0 Å². The minimum Gasteiger partial charge on any atom is -0.494 e. The van der Waals surface area contributed by atoms with Crippen molar-refractivity contribution in [2.75, 3.05) is 12.4 Å². The fraction of sp³-hybridized carbons (Fsp3) is 0.188. The summed E-state index contributed by atoms with van der Waals surface area (Å²) in [5.74, 6) is -0.209. The summed E-state index contributed by atoms with van der Waals surface area (Å²) < 4.78 is 18.2. The Kier molecular flexibility index (Phi) is 5.69. The Hall–Kier alpha value is -1.98. The number of nitrogens with one attached hydrogen (secondary N) is 2. The lowest BCUT2D eigenvalue weighted by molar-refractivity contribution is 0.249. The monoisotopic (exact) mass is 356 g/mol. The number of methoxy groups -OCH3 is 1. The van der Waals surface area contributed by atoms with Gasteiger partial charge in [0.05, 0.1) is 28.9 Å². The first-order valence-electron chi connectivity index (χ1n) is 6.76. The standard InChI is InChI=1S/C16H15Cl2FN2O2/c1-9(10-3-5-12(17)13(18)7-10)20-16(22)21-14-6-4-11(19)8-15(14)23-2/h3-9H,1-2H3,(H2,20,21,22). The van der Waals surface area contributed by atoms with E-state index in [1.165, 1.54) is 25.3 Å². The summed E-state index contributed by atoms with van der Waals surface area (Å²) in [5, 5.41) is 6.23. The van der Waals surface area contributed by atoms with Crippen molar-refractivity contribution in [1.29, 1.82) is 0 Å². The van der Waals surface area contributed by atoms with Crippen molar-refractivity contribution in [1.82, 2.24) is 5.32 Å². The lowest BCUT2D eigenvalue weighted by Crippen LogP contribution is -2.31. The number of hydrogen-bond acceptors (Lipinski definition) is 2. The molecule has 0 heterocycles. The first-order chi connectivity index (χ1) is 10.9. The maximum atomic E-state index is 13.1. The Bertz CT molecular complexity index is 725. The quantitative estimate of drug-likeness (QED) is 0.807. The van der Waals surface area contributed by atoms with Crippen LogP contribution in [0.3, 0.4) is 0 Å². The SMILES string of the molecule is COc1cc(F)ccc1NC(=O)NC(C)c1ccc(Cl)c(Cl)c1. The van der Waals surface area contributed by atoms with E-state index in [-0.39, 0.29) is 11.8 Å². The smallest absolute Gasteiger partial charge is 0.319 e. The second kappa shape index (κ2) is 7.53. The van der Waals surface area contributed by atoms with Crippen molar-refractivity contribution in [3.63, 3.8) is 0 Å². The normalized spacial score (nSPS) is 11.7. The van der Waals surface area contributed by atoms with E-state index in [2.05, 4.69) is 10.6 Å². The van der Waals surface area contributed by atoms with Crippen LogP contribution in [0.25, 0.3) is 0 Å². The molecule has 4 nitrogen and oxygen atoms in total. The van der Waals surface area contributed by atoms with Crippen LogP contribution in [0.1, 0.15) is 18.5 Å². The van der Waals surface area contributed by atoms with E-state index in [0.717, 1.165) is 5.56 Å². The van der Waals surface area contributed by atoms with Crippen LogP contribution < -0.4 is 15.4 Å². The van der Waals surface area contributed by atoms with Crippen LogP contribution in [-0.4, -0.2) is 13.1 Å². The van der Waals surface area contributed by atoms with E-state index in [1.54, 1.807) is 25.1 Å². The van der Waals surface area contributed by atoms with Crippen molar-refractivity contribution >= 4 is 34.9 Å². The zero-order chi connectivity index (χ0) is 17.0. The molecule has 0 aliphatic carbocycles. The molecule has 0 saturated heterocycles. The van der Waals surface area contributed by atoms with Gasteiger partial charge in [0.25, 0.3) is 0 Å². The van der Waals surface area contributed by atoms with Gasteiger partial charge in [0, 0.05) is 6.07 Å². The number of amides is 2. The van der Waals surface area contributed by atoms with E-state index < -0.39 is 11.8 Å². The van der Waals surface area contributed by atoms with Crippen LogP contribution in [0.2, 0.25) is 10.0 Å². The second-order valence-electron chi connectivity index (χ2n) is 4.84. The van der Waals surface area contributed by atoms with Gasteiger partial charge >= 0.3 is 6.03 Å². The molecular weight excluding hydrogens is 342 g/mol. The lowest BCUT2D eigenvalue weighted by atomic mass is 10.1. The number of rotatable bonds is 4. The van der Waals surface area contributed by atoms with E-state index in [1.807, 2.05) is 0 Å². The highest BCUT2D eigenvalue weighted by atomic mass is 35.5. The summed E-state index contributed by atoms with van der Waals surface area (Å²) in [6.45, 7) is 1.81. The number of ether oxygens (including phenoxy) is 1. The van der Waals surface area contributed by atoms with Gasteiger partial charge in [-0.1, -0.05) is 29.3 Å². The molecule has 1 unspecified atom stereocenters. The molecule has 2 rings (SSSR count). The number of carbonyl (C=O) groups excluding carboxylic acids is 1. The molecule has 0 spiro atoms. The van der Waals surface area contributed by atoms with E-state index in [4.69, 9.17) is 27.9 Å². The number of urea groups is 1. The number of halogens is 3. The zero-order valence-electron chi connectivity index (χ0n) is 12.5. The summed E-state index contributed by atoms with van der Waals surface area (Å²) in [6, 6.07) is 8.24. The first kappa shape index (κ1) is 17.4. The molecular formula is C16H15Cl2FN2O2. The van der Waals surface area contributed by atoms with Crippen molar-refractivity contribution in [3.05, 3.63) is 57.8 Å². The first-order valence-corrected chi connectivity index (χ1v) is 7.52. The van der Waals surface area contributed by atoms with Gasteiger partial charge in [-0.3, -0.25) is 0 Å². The van der Waals surface area contributed by atoms with Gasteiger partial charge in [0.1, 0.15) is 11.6 Å². The van der Waals surface area contributed by atoms with Crippen LogP contribution in [-0.2, 0) is 0 Å². The summed E-state index contributed by atoms with van der Waals surface area (Å²) in [7, 11) is 1.40. The maximum Gasteiger partial charge on any atom is 0.319 e. The van der Waals surface area contributed by atoms with Gasteiger partial charge < -0.3 is 15.4 Å². The zero-order valence-corrected chi connectivity index (χ0v) is 14.0. The fourth-order valence-corrected chi connectivity index (χ4v) is 2.29. The molecule has 1 atom stereocenters. The summed E-state index contributed by atoms with van der Waals surface area (Å²) in [5.41, 5.74) is 1.17. The Morgan fingerprint density at radius 1 is 1.17 bits per heavy atom. The summed E-state index contributed by atoms with van der Waals surface area (Å²) in [4.78, 5) is 12.1. The van der Waals surface area contributed by atoms with E-state index in [9.17, 15) is 9.18 Å². The molecule has 2 N–H and O–H groups in total. The molecule has 2 amide bonds. The van der Waals surface area contributed by atoms with Crippen LogP contribution in [0.5, 0.6) is 5.75 Å². The number of anilines is 1. The Morgan fingerprint density at radius 3 is 2.57 bits per heavy atom. The predicted octanol–water partition coefficient (Wildman–Crippen LogP) is 5.02. The van der Waals surface area contributed by atoms with Crippen molar-refractivity contribution < 1.29 is 13.9 Å². The maximum absolute atomic E-state index is 13.1. The Morgan fingerprint density at radius 2 is 1.91 bits per heavy atom. The summed E-state index contributed by atoms with van der Waals surface area (Å²) in [6.07, 6.45) is 0. The predicted molar refractivity (Wildman–Crippen MR) is 90.0 cm³/mol. The molecule has 2 aromatic carbocycles. The molecule has 0 radical (unpaired) electrons. The average molecular weight is 357 g/mol. The molecule has 0 saturated carbocycles. The fourth-order valence-electron chi connectivity index (χ4n) is 1.99. The van der Waals surface area contributed by atoms with E-state index in [0.29, 0.717) is 15.7 Å². The van der Waals surface area contributed by atoms with Crippen LogP contribution >= 0.6 is 23.2 Å². The molecule has 23 heavy (non-hydrogen) atoms. The third kappa shape index (κ3) is 4.50. The largest absolute Gasteiger partial charge is 0.494 e. The van der Waals surface area contributed by atoms with Gasteiger partial charge in [-0.15, -0.1) is 0 Å². The molecule has 0 aliphatic heterocycles. The van der Waals surface area contributed by atoms with Gasteiger partial charge in [-0.05, 0) is 36.8 Å². The Balaban J connectivity index is 2.05. The number of benzene rings is 2. The lowest BCUT2D eigenvalue weighted by Gasteiger charge is -2.16. The minimum atomic E-state index is -0.450. The molecule has 122 valence electrons. The van der Waals surface area contributed by atoms with Crippen molar-refractivity contribution in [2.45, 2.75) is 13.0 Å². The van der Waals surface area contributed by atoms with Crippen LogP contribution in [0, 0.1) is 5.82 Å². The highest BCUT2D eigenvalue weighted by molar-refractivity contribution is 6.42. The van der Waals surface area contributed by atoms with Crippen LogP contribution in [0.4, 0.5) is 14.9 Å². The third-order valence-corrected chi connectivity index (χ3v) is 3.94. The number of hydrogen-bond donors (Lipinski definition) is 2.